The van der Waals surface area contributed by atoms with E-state index in [0.29, 0.717) is 32.0 Å². The Morgan fingerprint density at radius 1 is 1.48 bits per heavy atom. The van der Waals surface area contributed by atoms with Crippen LogP contribution in [0.5, 0.6) is 0 Å². The van der Waals surface area contributed by atoms with E-state index in [1.165, 1.54) is 12.3 Å². The third kappa shape index (κ3) is 4.17. The maximum atomic E-state index is 11.9. The van der Waals surface area contributed by atoms with Gasteiger partial charge in [-0.05, 0) is 13.0 Å². The molecule has 1 aliphatic heterocycles. The predicted octanol–water partition coefficient (Wildman–Crippen LogP) is 0.250. The Kier molecular flexibility index (Phi) is 5.49. The minimum atomic E-state index is -0.467. The Hall–Kier alpha value is -2.66. The summed E-state index contributed by atoms with van der Waals surface area (Å²) in [7, 11) is 0. The molecule has 0 bridgehead atoms. The second-order valence-corrected chi connectivity index (χ2v) is 5.25. The highest BCUT2D eigenvalue weighted by molar-refractivity contribution is 5.81. The number of hydrogen-bond donors (Lipinski definition) is 1. The number of amides is 1. The smallest absolute Gasteiger partial charge is 0.287 e. The van der Waals surface area contributed by atoms with Crippen LogP contribution in [0.2, 0.25) is 0 Å². The summed E-state index contributed by atoms with van der Waals surface area (Å²) in [5.74, 6) is 3.01. The first kappa shape index (κ1) is 16.7. The van der Waals surface area contributed by atoms with Gasteiger partial charge in [-0.1, -0.05) is 5.92 Å². The van der Waals surface area contributed by atoms with E-state index in [1.54, 1.807) is 6.07 Å². The molecule has 122 valence electrons. The van der Waals surface area contributed by atoms with E-state index < -0.39 is 4.92 Å². The molecular weight excluding hydrogens is 298 g/mol. The van der Waals surface area contributed by atoms with Gasteiger partial charge in [0.1, 0.15) is 12.0 Å². The van der Waals surface area contributed by atoms with E-state index in [0.717, 1.165) is 0 Å². The number of carbonyl (C=O) groups excluding carboxylic acids is 1. The van der Waals surface area contributed by atoms with Crippen LogP contribution in [0.1, 0.15) is 6.92 Å². The van der Waals surface area contributed by atoms with Gasteiger partial charge in [0.25, 0.3) is 5.69 Å². The second-order valence-electron chi connectivity index (χ2n) is 5.25. The lowest BCUT2D eigenvalue weighted by molar-refractivity contribution is -0.385. The fourth-order valence-corrected chi connectivity index (χ4v) is 2.46. The Morgan fingerprint density at radius 2 is 2.17 bits per heavy atom. The lowest BCUT2D eigenvalue weighted by atomic mass is 10.2. The largest absolute Gasteiger partial charge is 0.354 e. The highest BCUT2D eigenvalue weighted by Crippen LogP contribution is 2.18. The zero-order chi connectivity index (χ0) is 16.8. The van der Waals surface area contributed by atoms with Gasteiger partial charge in [0.05, 0.1) is 17.5 Å². The molecule has 1 aliphatic rings. The maximum Gasteiger partial charge on any atom is 0.287 e. The highest BCUT2D eigenvalue weighted by atomic mass is 16.6. The van der Waals surface area contributed by atoms with E-state index in [2.05, 4.69) is 21.1 Å². The molecule has 0 aliphatic carbocycles. The van der Waals surface area contributed by atoms with E-state index in [-0.39, 0.29) is 24.2 Å². The van der Waals surface area contributed by atoms with E-state index in [9.17, 15) is 14.9 Å². The van der Waals surface area contributed by atoms with Crippen molar-refractivity contribution in [3.8, 4) is 12.3 Å². The monoisotopic (exact) mass is 317 g/mol. The normalized spacial score (nSPS) is 16.4. The molecule has 2 heterocycles. The summed E-state index contributed by atoms with van der Waals surface area (Å²) in [6.07, 6.45) is 6.39. The lowest BCUT2D eigenvalue weighted by Gasteiger charge is -2.37. The van der Waals surface area contributed by atoms with Crippen LogP contribution in [0.15, 0.2) is 18.3 Å². The minimum Gasteiger partial charge on any atom is -0.354 e. The summed E-state index contributed by atoms with van der Waals surface area (Å²) in [6, 6.07) is 2.86. The Balaban J connectivity index is 1.89. The number of aromatic nitrogens is 1. The lowest BCUT2D eigenvalue weighted by Crippen LogP contribution is -2.54. The number of nitrogens with zero attached hydrogens (tertiary/aromatic N) is 4. The predicted molar refractivity (Wildman–Crippen MR) is 86.0 cm³/mol. The fraction of sp³-hybridized carbons (Fsp3) is 0.467. The average molecular weight is 317 g/mol. The molecule has 8 nitrogen and oxygen atoms in total. The van der Waals surface area contributed by atoms with Gasteiger partial charge < -0.3 is 10.2 Å². The molecular formula is C15H19N5O3. The van der Waals surface area contributed by atoms with Crippen molar-refractivity contribution in [1.29, 1.82) is 0 Å². The summed E-state index contributed by atoms with van der Waals surface area (Å²) in [6.45, 7) is 4.92. The number of piperazine rings is 1. The second kappa shape index (κ2) is 7.56. The molecule has 1 N–H and O–H groups in total. The zero-order valence-electron chi connectivity index (χ0n) is 12.9. The van der Waals surface area contributed by atoms with Gasteiger partial charge in [-0.3, -0.25) is 19.8 Å². The summed E-state index contributed by atoms with van der Waals surface area (Å²) in [5.41, 5.74) is -0.0220. The van der Waals surface area contributed by atoms with Crippen molar-refractivity contribution in [2.45, 2.75) is 13.0 Å². The number of nitrogens with one attached hydrogen (secondary N) is 1. The van der Waals surface area contributed by atoms with E-state index in [4.69, 9.17) is 6.42 Å². The number of anilines is 1. The molecule has 2 rings (SSSR count). The summed E-state index contributed by atoms with van der Waals surface area (Å²) >= 11 is 0. The van der Waals surface area contributed by atoms with Gasteiger partial charge in [-0.25, -0.2) is 4.98 Å². The molecule has 0 saturated carbocycles. The van der Waals surface area contributed by atoms with Crippen molar-refractivity contribution in [1.82, 2.24) is 15.2 Å². The van der Waals surface area contributed by atoms with Crippen LogP contribution in [0, 0.1) is 22.5 Å². The SMILES string of the molecule is C#CCNC(=O)[C@@H](C)N1CCN(c2ccc([N+](=O)[O-])cn2)CC1. The van der Waals surface area contributed by atoms with Crippen LogP contribution in [0.4, 0.5) is 11.5 Å². The maximum absolute atomic E-state index is 11.9. The molecule has 0 unspecified atom stereocenters. The van der Waals surface area contributed by atoms with Gasteiger partial charge in [-0.15, -0.1) is 6.42 Å². The van der Waals surface area contributed by atoms with Gasteiger partial charge in [0.2, 0.25) is 5.91 Å². The number of rotatable bonds is 5. The van der Waals surface area contributed by atoms with Crippen LogP contribution in [0.25, 0.3) is 0 Å². The van der Waals surface area contributed by atoms with Gasteiger partial charge in [0, 0.05) is 32.2 Å². The van der Waals surface area contributed by atoms with Gasteiger partial charge in [0.15, 0.2) is 0 Å². The number of terminal acetylenes is 1. The van der Waals surface area contributed by atoms with Crippen LogP contribution in [0.3, 0.4) is 0 Å². The van der Waals surface area contributed by atoms with Gasteiger partial charge >= 0.3 is 0 Å². The third-order valence-corrected chi connectivity index (χ3v) is 3.87. The van der Waals surface area contributed by atoms with Crippen molar-refractivity contribution in [3.63, 3.8) is 0 Å². The standard InChI is InChI=1S/C15H19N5O3/c1-3-6-16-15(21)12(2)18-7-9-19(10-8-18)14-5-4-13(11-17-14)20(22)23/h1,4-5,11-12H,6-10H2,2H3,(H,16,21)/t12-/m1/s1. The Bertz CT molecular complexity index is 603. The minimum absolute atomic E-state index is 0.0220. The van der Waals surface area contributed by atoms with Crippen LogP contribution < -0.4 is 10.2 Å². The molecule has 0 aromatic carbocycles. The number of pyridine rings is 1. The highest BCUT2D eigenvalue weighted by Gasteiger charge is 2.25. The zero-order valence-corrected chi connectivity index (χ0v) is 12.9. The van der Waals surface area contributed by atoms with Crippen molar-refractivity contribution in [2.24, 2.45) is 0 Å². The van der Waals surface area contributed by atoms with E-state index >= 15 is 0 Å². The van der Waals surface area contributed by atoms with Crippen molar-refractivity contribution in [3.05, 3.63) is 28.4 Å². The molecule has 8 heteroatoms. The molecule has 1 fully saturated rings. The Morgan fingerprint density at radius 3 is 2.70 bits per heavy atom. The third-order valence-electron chi connectivity index (χ3n) is 3.87. The average Bonchev–Trinajstić information content (AvgIpc) is 2.59. The molecule has 1 aromatic heterocycles. The Labute approximate surface area is 134 Å². The van der Waals surface area contributed by atoms with Gasteiger partial charge in [-0.2, -0.15) is 0 Å². The molecule has 0 spiro atoms. The molecule has 0 radical (unpaired) electrons. The first-order valence-corrected chi connectivity index (χ1v) is 7.33. The van der Waals surface area contributed by atoms with Crippen LogP contribution in [-0.4, -0.2) is 59.5 Å². The summed E-state index contributed by atoms with van der Waals surface area (Å²) < 4.78 is 0. The first-order chi connectivity index (χ1) is 11.0. The molecule has 1 amide bonds. The molecule has 1 aromatic rings. The van der Waals surface area contributed by atoms with Crippen LogP contribution in [-0.2, 0) is 4.79 Å². The van der Waals surface area contributed by atoms with Crippen molar-refractivity contribution in [2.75, 3.05) is 37.6 Å². The quantitative estimate of drug-likeness (QED) is 0.475. The fourth-order valence-electron chi connectivity index (χ4n) is 2.46. The topological polar surface area (TPSA) is 91.6 Å². The first-order valence-electron chi connectivity index (χ1n) is 7.33. The van der Waals surface area contributed by atoms with Crippen LogP contribution >= 0.6 is 0 Å². The summed E-state index contributed by atoms with van der Waals surface area (Å²) in [5, 5.41) is 13.3. The van der Waals surface area contributed by atoms with E-state index in [1.807, 2.05) is 11.8 Å². The van der Waals surface area contributed by atoms with Crippen molar-refractivity contribution < 1.29 is 9.72 Å². The number of nitro groups is 1. The number of carbonyl (C=O) groups is 1. The van der Waals surface area contributed by atoms with Crippen molar-refractivity contribution >= 4 is 17.4 Å². The summed E-state index contributed by atoms with van der Waals surface area (Å²) in [4.78, 5) is 30.3. The number of hydrogen-bond acceptors (Lipinski definition) is 6. The molecule has 23 heavy (non-hydrogen) atoms. The molecule has 1 saturated heterocycles. The molecule has 1 atom stereocenters.